The average molecular weight is 271 g/mol. The number of halogens is 1. The normalized spacial score (nSPS) is 10.7. The summed E-state index contributed by atoms with van der Waals surface area (Å²) in [5.41, 5.74) is 0.287. The molecular formula is C10H7BrO4. The Morgan fingerprint density at radius 2 is 2.00 bits per heavy atom. The molecule has 0 aliphatic heterocycles. The zero-order chi connectivity index (χ0) is 11.0. The van der Waals surface area contributed by atoms with Gasteiger partial charge in [-0.05, 0) is 5.56 Å². The van der Waals surface area contributed by atoms with Crippen molar-refractivity contribution >= 4 is 26.9 Å². The zero-order valence-electron chi connectivity index (χ0n) is 7.53. The van der Waals surface area contributed by atoms with E-state index in [-0.39, 0.29) is 17.1 Å². The molecule has 0 aliphatic rings. The van der Waals surface area contributed by atoms with E-state index in [0.29, 0.717) is 16.3 Å². The second kappa shape index (κ2) is 3.58. The molecular weight excluding hydrogens is 264 g/mol. The third-order valence-electron chi connectivity index (χ3n) is 2.03. The van der Waals surface area contributed by atoms with Gasteiger partial charge in [-0.3, -0.25) is 0 Å². The average Bonchev–Trinajstić information content (AvgIpc) is 2.14. The number of hydrogen-bond acceptors (Lipinski definition) is 4. The van der Waals surface area contributed by atoms with Crippen molar-refractivity contribution in [2.24, 2.45) is 0 Å². The van der Waals surface area contributed by atoms with Gasteiger partial charge in [0, 0.05) is 23.5 Å². The fourth-order valence-electron chi connectivity index (χ4n) is 1.45. The van der Waals surface area contributed by atoms with Gasteiger partial charge in [-0.1, -0.05) is 15.9 Å². The van der Waals surface area contributed by atoms with Crippen molar-refractivity contribution in [2.75, 3.05) is 0 Å². The molecule has 0 amide bonds. The molecule has 2 rings (SSSR count). The molecule has 2 aromatic rings. The number of fused-ring (bicyclic) bond motifs is 1. The van der Waals surface area contributed by atoms with Crippen molar-refractivity contribution in [3.63, 3.8) is 0 Å². The topological polar surface area (TPSA) is 70.7 Å². The van der Waals surface area contributed by atoms with Gasteiger partial charge in [0.05, 0.1) is 5.39 Å². The van der Waals surface area contributed by atoms with Crippen LogP contribution in [0.15, 0.2) is 27.4 Å². The summed E-state index contributed by atoms with van der Waals surface area (Å²) in [6.45, 7) is 0. The molecule has 0 unspecified atom stereocenters. The van der Waals surface area contributed by atoms with Gasteiger partial charge in [-0.25, -0.2) is 4.79 Å². The quantitative estimate of drug-likeness (QED) is 0.615. The second-order valence-electron chi connectivity index (χ2n) is 3.06. The van der Waals surface area contributed by atoms with Crippen molar-refractivity contribution in [1.29, 1.82) is 0 Å². The number of rotatable bonds is 1. The predicted octanol–water partition coefficient (Wildman–Crippen LogP) is 2.10. The molecule has 1 heterocycles. The first-order chi connectivity index (χ1) is 7.11. The van der Waals surface area contributed by atoms with E-state index in [1.54, 1.807) is 0 Å². The number of phenolic OH excluding ortho intramolecular Hbond substituents is 2. The molecule has 0 fully saturated rings. The van der Waals surface area contributed by atoms with Gasteiger partial charge in [0.25, 0.3) is 0 Å². The molecule has 2 N–H and O–H groups in total. The van der Waals surface area contributed by atoms with E-state index in [9.17, 15) is 15.0 Å². The van der Waals surface area contributed by atoms with Gasteiger partial charge in [0.1, 0.15) is 17.1 Å². The zero-order valence-corrected chi connectivity index (χ0v) is 9.11. The Bertz CT molecular complexity index is 573. The van der Waals surface area contributed by atoms with E-state index in [2.05, 4.69) is 15.9 Å². The van der Waals surface area contributed by atoms with Crippen molar-refractivity contribution in [3.8, 4) is 11.5 Å². The first-order valence-electron chi connectivity index (χ1n) is 4.16. The Balaban J connectivity index is 2.96. The lowest BCUT2D eigenvalue weighted by Crippen LogP contribution is -1.99. The third-order valence-corrected chi connectivity index (χ3v) is 2.64. The molecule has 0 spiro atoms. The van der Waals surface area contributed by atoms with Crippen LogP contribution in [0, 0.1) is 0 Å². The van der Waals surface area contributed by atoms with Crippen LogP contribution in [0.25, 0.3) is 11.0 Å². The van der Waals surface area contributed by atoms with Crippen molar-refractivity contribution in [1.82, 2.24) is 0 Å². The van der Waals surface area contributed by atoms with E-state index in [4.69, 9.17) is 4.42 Å². The van der Waals surface area contributed by atoms with E-state index in [1.165, 1.54) is 18.2 Å². The Morgan fingerprint density at radius 3 is 2.67 bits per heavy atom. The highest BCUT2D eigenvalue weighted by molar-refractivity contribution is 9.08. The minimum atomic E-state index is -0.512. The van der Waals surface area contributed by atoms with Crippen molar-refractivity contribution in [3.05, 3.63) is 34.2 Å². The lowest BCUT2D eigenvalue weighted by atomic mass is 10.1. The SMILES string of the molecule is O=c1cc(CBr)c2c(O)cc(O)cc2o1. The molecule has 0 radical (unpaired) electrons. The minimum Gasteiger partial charge on any atom is -0.508 e. The Hall–Kier alpha value is -1.49. The van der Waals surface area contributed by atoms with Crippen LogP contribution in [0.2, 0.25) is 0 Å². The Labute approximate surface area is 92.9 Å². The van der Waals surface area contributed by atoms with E-state index in [1.807, 2.05) is 0 Å². The molecule has 0 bridgehead atoms. The molecule has 1 aromatic heterocycles. The lowest BCUT2D eigenvalue weighted by Gasteiger charge is -2.04. The number of aromatic hydroxyl groups is 2. The molecule has 15 heavy (non-hydrogen) atoms. The Kier molecular flexibility index (Phi) is 2.40. The summed E-state index contributed by atoms with van der Waals surface area (Å²) in [5.74, 6) is -0.252. The summed E-state index contributed by atoms with van der Waals surface area (Å²) in [4.78, 5) is 11.1. The molecule has 5 heteroatoms. The van der Waals surface area contributed by atoms with Crippen LogP contribution in [0.5, 0.6) is 11.5 Å². The van der Waals surface area contributed by atoms with Gasteiger partial charge >= 0.3 is 5.63 Å². The van der Waals surface area contributed by atoms with E-state index < -0.39 is 5.63 Å². The summed E-state index contributed by atoms with van der Waals surface area (Å²) in [7, 11) is 0. The Morgan fingerprint density at radius 1 is 1.27 bits per heavy atom. The van der Waals surface area contributed by atoms with Gasteiger partial charge in [0.15, 0.2) is 0 Å². The molecule has 0 saturated carbocycles. The van der Waals surface area contributed by atoms with Crippen molar-refractivity contribution in [2.45, 2.75) is 5.33 Å². The first-order valence-corrected chi connectivity index (χ1v) is 5.28. The van der Waals surface area contributed by atoms with Crippen LogP contribution in [0.4, 0.5) is 0 Å². The highest BCUT2D eigenvalue weighted by Crippen LogP contribution is 2.32. The second-order valence-corrected chi connectivity index (χ2v) is 3.62. The van der Waals surface area contributed by atoms with Gasteiger partial charge in [-0.2, -0.15) is 0 Å². The van der Waals surface area contributed by atoms with Crippen LogP contribution >= 0.6 is 15.9 Å². The standard InChI is InChI=1S/C10H7BrO4/c11-4-5-1-9(14)15-8-3-6(12)2-7(13)10(5)8/h1-3,12-13H,4H2. The summed E-state index contributed by atoms with van der Waals surface area (Å²) in [5, 5.41) is 19.7. The molecule has 0 atom stereocenters. The van der Waals surface area contributed by atoms with Crippen molar-refractivity contribution < 1.29 is 14.6 Å². The summed E-state index contributed by atoms with van der Waals surface area (Å²) >= 11 is 3.21. The molecule has 0 saturated heterocycles. The van der Waals surface area contributed by atoms with Crippen LogP contribution in [-0.4, -0.2) is 10.2 Å². The third kappa shape index (κ3) is 1.70. The fourth-order valence-corrected chi connectivity index (χ4v) is 1.89. The van der Waals surface area contributed by atoms with Crippen LogP contribution < -0.4 is 5.63 Å². The molecule has 1 aromatic carbocycles. The largest absolute Gasteiger partial charge is 0.508 e. The van der Waals surface area contributed by atoms with Gasteiger partial charge in [0.2, 0.25) is 0 Å². The fraction of sp³-hybridized carbons (Fsp3) is 0.100. The number of benzene rings is 1. The maximum absolute atomic E-state index is 11.1. The van der Waals surface area contributed by atoms with Crippen LogP contribution in [0.1, 0.15) is 5.56 Å². The smallest absolute Gasteiger partial charge is 0.336 e. The molecule has 0 aliphatic carbocycles. The van der Waals surface area contributed by atoms with E-state index >= 15 is 0 Å². The molecule has 4 nitrogen and oxygen atoms in total. The summed E-state index contributed by atoms with van der Waals surface area (Å²) in [6.07, 6.45) is 0. The maximum atomic E-state index is 11.1. The van der Waals surface area contributed by atoms with Crippen LogP contribution in [-0.2, 0) is 5.33 Å². The molecule has 78 valence electrons. The number of phenols is 2. The summed E-state index contributed by atoms with van der Waals surface area (Å²) in [6, 6.07) is 3.80. The van der Waals surface area contributed by atoms with Gasteiger partial charge < -0.3 is 14.6 Å². The highest BCUT2D eigenvalue weighted by atomic mass is 79.9. The predicted molar refractivity (Wildman–Crippen MR) is 58.4 cm³/mol. The maximum Gasteiger partial charge on any atom is 0.336 e. The van der Waals surface area contributed by atoms with Gasteiger partial charge in [-0.15, -0.1) is 0 Å². The minimum absolute atomic E-state index is 0.108. The monoisotopic (exact) mass is 270 g/mol. The number of alkyl halides is 1. The van der Waals surface area contributed by atoms with Crippen LogP contribution in [0.3, 0.4) is 0 Å². The lowest BCUT2D eigenvalue weighted by molar-refractivity contribution is 0.451. The van der Waals surface area contributed by atoms with E-state index in [0.717, 1.165) is 0 Å². The summed E-state index contributed by atoms with van der Waals surface area (Å²) < 4.78 is 4.87. The number of hydrogen-bond donors (Lipinski definition) is 2. The highest BCUT2D eigenvalue weighted by Gasteiger charge is 2.10. The first kappa shape index (κ1) is 10.0.